The maximum Gasteiger partial charge on any atom is 0.326 e. The lowest BCUT2D eigenvalue weighted by atomic mass is 9.97. The first-order valence-corrected chi connectivity index (χ1v) is 5.08. The standard InChI is InChI=1S/C10H19NO3/c1-10(8-14-2,9(12)13)11-6-4-3-5-7-11/h3-8H2,1-2H3,(H,12,13). The fraction of sp³-hybridized carbons (Fsp3) is 0.900. The molecular weight excluding hydrogens is 182 g/mol. The van der Waals surface area contributed by atoms with Crippen molar-refractivity contribution in [2.75, 3.05) is 26.8 Å². The molecule has 1 saturated heterocycles. The van der Waals surface area contributed by atoms with Crippen LogP contribution in [0.1, 0.15) is 26.2 Å². The maximum atomic E-state index is 11.2. The first-order valence-electron chi connectivity index (χ1n) is 5.08. The van der Waals surface area contributed by atoms with Crippen molar-refractivity contribution in [3.05, 3.63) is 0 Å². The molecule has 1 unspecified atom stereocenters. The van der Waals surface area contributed by atoms with Crippen LogP contribution in [0.5, 0.6) is 0 Å². The van der Waals surface area contributed by atoms with E-state index in [1.807, 2.05) is 4.90 Å². The number of carbonyl (C=O) groups is 1. The van der Waals surface area contributed by atoms with Crippen molar-refractivity contribution >= 4 is 5.97 Å². The summed E-state index contributed by atoms with van der Waals surface area (Å²) in [6, 6.07) is 0. The van der Waals surface area contributed by atoms with Crippen molar-refractivity contribution in [2.45, 2.75) is 31.7 Å². The second kappa shape index (κ2) is 4.75. The van der Waals surface area contributed by atoms with Crippen LogP contribution in [0.2, 0.25) is 0 Å². The van der Waals surface area contributed by atoms with Gasteiger partial charge in [0, 0.05) is 7.11 Å². The summed E-state index contributed by atoms with van der Waals surface area (Å²) in [7, 11) is 1.55. The average molecular weight is 201 g/mol. The van der Waals surface area contributed by atoms with Gasteiger partial charge in [0.25, 0.3) is 0 Å². The number of piperidine rings is 1. The van der Waals surface area contributed by atoms with E-state index in [2.05, 4.69) is 0 Å². The molecule has 0 aromatic carbocycles. The van der Waals surface area contributed by atoms with Crippen molar-refractivity contribution in [1.29, 1.82) is 0 Å². The van der Waals surface area contributed by atoms with Crippen LogP contribution in [-0.2, 0) is 9.53 Å². The number of nitrogens with zero attached hydrogens (tertiary/aromatic N) is 1. The number of carboxylic acids is 1. The Hall–Kier alpha value is -0.610. The Morgan fingerprint density at radius 3 is 2.43 bits per heavy atom. The Labute approximate surface area is 84.8 Å². The molecule has 1 N–H and O–H groups in total. The number of methoxy groups -OCH3 is 1. The Bertz CT molecular complexity index is 202. The largest absolute Gasteiger partial charge is 0.480 e. The molecule has 0 aliphatic carbocycles. The normalized spacial score (nSPS) is 23.0. The van der Waals surface area contributed by atoms with Gasteiger partial charge in [0.15, 0.2) is 0 Å². The van der Waals surface area contributed by atoms with E-state index in [4.69, 9.17) is 4.74 Å². The van der Waals surface area contributed by atoms with Crippen LogP contribution in [0.4, 0.5) is 0 Å². The van der Waals surface area contributed by atoms with E-state index in [1.54, 1.807) is 14.0 Å². The van der Waals surface area contributed by atoms with Gasteiger partial charge in [0.2, 0.25) is 0 Å². The first-order chi connectivity index (χ1) is 6.61. The molecular formula is C10H19NO3. The quantitative estimate of drug-likeness (QED) is 0.736. The van der Waals surface area contributed by atoms with Gasteiger partial charge in [-0.3, -0.25) is 9.69 Å². The van der Waals surface area contributed by atoms with E-state index < -0.39 is 11.5 Å². The predicted octanol–water partition coefficient (Wildman–Crippen LogP) is 0.962. The van der Waals surface area contributed by atoms with Crippen LogP contribution in [0.3, 0.4) is 0 Å². The molecule has 1 atom stereocenters. The molecule has 14 heavy (non-hydrogen) atoms. The Balaban J connectivity index is 2.69. The third kappa shape index (κ3) is 2.25. The average Bonchev–Trinajstić information content (AvgIpc) is 2.19. The van der Waals surface area contributed by atoms with Gasteiger partial charge in [-0.2, -0.15) is 0 Å². The summed E-state index contributed by atoms with van der Waals surface area (Å²) in [5, 5.41) is 9.19. The zero-order valence-corrected chi connectivity index (χ0v) is 8.95. The lowest BCUT2D eigenvalue weighted by molar-refractivity contribution is -0.155. The molecule has 0 aromatic heterocycles. The van der Waals surface area contributed by atoms with Crippen molar-refractivity contribution < 1.29 is 14.6 Å². The summed E-state index contributed by atoms with van der Waals surface area (Å²) in [5.74, 6) is -0.791. The zero-order valence-electron chi connectivity index (χ0n) is 8.95. The summed E-state index contributed by atoms with van der Waals surface area (Å²) in [5.41, 5.74) is -0.852. The van der Waals surface area contributed by atoms with E-state index in [0.29, 0.717) is 0 Å². The van der Waals surface area contributed by atoms with Crippen LogP contribution in [-0.4, -0.2) is 48.3 Å². The third-order valence-electron chi connectivity index (χ3n) is 2.94. The van der Waals surface area contributed by atoms with Gasteiger partial charge >= 0.3 is 5.97 Å². The predicted molar refractivity (Wildman–Crippen MR) is 53.3 cm³/mol. The van der Waals surface area contributed by atoms with Gasteiger partial charge in [0.1, 0.15) is 5.54 Å². The van der Waals surface area contributed by atoms with Gasteiger partial charge in [-0.05, 0) is 32.9 Å². The minimum absolute atomic E-state index is 0.252. The topological polar surface area (TPSA) is 49.8 Å². The van der Waals surface area contributed by atoms with Crippen LogP contribution >= 0.6 is 0 Å². The molecule has 0 amide bonds. The SMILES string of the molecule is COCC(C)(C(=O)O)N1CCCCC1. The molecule has 1 aliphatic heterocycles. The highest BCUT2D eigenvalue weighted by molar-refractivity contribution is 5.78. The van der Waals surface area contributed by atoms with E-state index in [1.165, 1.54) is 6.42 Å². The van der Waals surface area contributed by atoms with Crippen LogP contribution in [0.25, 0.3) is 0 Å². The molecule has 4 heteroatoms. The van der Waals surface area contributed by atoms with Gasteiger partial charge in [-0.25, -0.2) is 0 Å². The van der Waals surface area contributed by atoms with Crippen LogP contribution in [0, 0.1) is 0 Å². The van der Waals surface area contributed by atoms with Gasteiger partial charge in [-0.1, -0.05) is 6.42 Å². The third-order valence-corrected chi connectivity index (χ3v) is 2.94. The van der Waals surface area contributed by atoms with Crippen molar-refractivity contribution in [3.63, 3.8) is 0 Å². The molecule has 1 rings (SSSR count). The van der Waals surface area contributed by atoms with E-state index in [-0.39, 0.29) is 6.61 Å². The molecule has 82 valence electrons. The molecule has 1 fully saturated rings. The van der Waals surface area contributed by atoms with E-state index in [0.717, 1.165) is 25.9 Å². The van der Waals surface area contributed by atoms with Crippen molar-refractivity contribution in [1.82, 2.24) is 4.90 Å². The highest BCUT2D eigenvalue weighted by Gasteiger charge is 2.39. The summed E-state index contributed by atoms with van der Waals surface area (Å²) in [4.78, 5) is 13.2. The fourth-order valence-electron chi connectivity index (χ4n) is 1.96. The smallest absolute Gasteiger partial charge is 0.326 e. The fourth-order valence-corrected chi connectivity index (χ4v) is 1.96. The molecule has 1 aliphatic rings. The lowest BCUT2D eigenvalue weighted by Crippen LogP contribution is -2.57. The monoisotopic (exact) mass is 201 g/mol. The highest BCUT2D eigenvalue weighted by Crippen LogP contribution is 2.21. The van der Waals surface area contributed by atoms with Crippen LogP contribution < -0.4 is 0 Å². The number of ether oxygens (including phenoxy) is 1. The summed E-state index contributed by atoms with van der Waals surface area (Å²) in [6.07, 6.45) is 3.39. The number of hydrogen-bond donors (Lipinski definition) is 1. The molecule has 0 saturated carbocycles. The summed E-state index contributed by atoms with van der Waals surface area (Å²) < 4.78 is 5.00. The van der Waals surface area contributed by atoms with Crippen molar-refractivity contribution in [3.8, 4) is 0 Å². The number of hydrogen-bond acceptors (Lipinski definition) is 3. The Morgan fingerprint density at radius 2 is 2.00 bits per heavy atom. The molecule has 1 heterocycles. The van der Waals surface area contributed by atoms with Gasteiger partial charge < -0.3 is 9.84 Å². The maximum absolute atomic E-state index is 11.2. The highest BCUT2D eigenvalue weighted by atomic mass is 16.5. The minimum atomic E-state index is -0.852. The first kappa shape index (κ1) is 11.5. The van der Waals surface area contributed by atoms with E-state index in [9.17, 15) is 9.90 Å². The van der Waals surface area contributed by atoms with E-state index >= 15 is 0 Å². The van der Waals surface area contributed by atoms with Crippen LogP contribution in [0.15, 0.2) is 0 Å². The lowest BCUT2D eigenvalue weighted by Gasteiger charge is -2.39. The molecule has 0 radical (unpaired) electrons. The van der Waals surface area contributed by atoms with Gasteiger partial charge in [0.05, 0.1) is 6.61 Å². The molecule has 0 spiro atoms. The number of aliphatic carboxylic acids is 1. The number of carboxylic acid groups (broad SMARTS) is 1. The second-order valence-electron chi connectivity index (χ2n) is 4.06. The number of likely N-dealkylation sites (tertiary alicyclic amines) is 1. The number of rotatable bonds is 4. The Kier molecular flexibility index (Phi) is 3.89. The zero-order chi connectivity index (χ0) is 10.6. The molecule has 4 nitrogen and oxygen atoms in total. The summed E-state index contributed by atoms with van der Waals surface area (Å²) in [6.45, 7) is 3.73. The second-order valence-corrected chi connectivity index (χ2v) is 4.06. The molecule has 0 bridgehead atoms. The minimum Gasteiger partial charge on any atom is -0.480 e. The summed E-state index contributed by atoms with van der Waals surface area (Å²) >= 11 is 0. The van der Waals surface area contributed by atoms with Gasteiger partial charge in [-0.15, -0.1) is 0 Å². The molecule has 0 aromatic rings. The van der Waals surface area contributed by atoms with Crippen molar-refractivity contribution in [2.24, 2.45) is 0 Å². The Morgan fingerprint density at radius 1 is 1.43 bits per heavy atom.